The maximum absolute atomic E-state index is 13.4. The highest BCUT2D eigenvalue weighted by Crippen LogP contribution is 2.37. The maximum atomic E-state index is 13.4. The van der Waals surface area contributed by atoms with Gasteiger partial charge in [-0.15, -0.1) is 0 Å². The molecule has 4 heterocycles. The minimum atomic E-state index is -0.620. The fraction of sp³-hybridized carbons (Fsp3) is 0.0448. The first kappa shape index (κ1) is 57.2. The first-order valence-corrected chi connectivity index (χ1v) is 27.7. The molecule has 16 nitrogen and oxygen atoms in total. The lowest BCUT2D eigenvalue weighted by atomic mass is 9.86. The van der Waals surface area contributed by atoms with E-state index in [4.69, 9.17) is 17.7 Å². The lowest BCUT2D eigenvalue weighted by molar-refractivity contribution is 0.0943. The molecule has 0 unspecified atom stereocenters. The summed E-state index contributed by atoms with van der Waals surface area (Å²) in [5.74, 6) is -5.46. The zero-order valence-electron chi connectivity index (χ0n) is 44.5. The molecule has 0 radical (unpaired) electrons. The Bertz CT molecular complexity index is 4460. The van der Waals surface area contributed by atoms with Crippen molar-refractivity contribution < 1.29 is 79.6 Å². The second-order valence-electron chi connectivity index (χ2n) is 19.4. The first-order chi connectivity index (χ1) is 41.3. The van der Waals surface area contributed by atoms with Gasteiger partial charge < -0.3 is 17.7 Å². The van der Waals surface area contributed by atoms with Crippen molar-refractivity contribution in [3.8, 4) is 0 Å². The van der Waals surface area contributed by atoms with Crippen LogP contribution in [0.4, 0.5) is 4.39 Å². The summed E-state index contributed by atoms with van der Waals surface area (Å²) in [6.07, 6.45) is 0. The number of alkyl halides is 1. The molecule has 6 aromatic carbocycles. The summed E-state index contributed by atoms with van der Waals surface area (Å²) in [5, 5.41) is 0.280. The zero-order chi connectivity index (χ0) is 61.0. The van der Waals surface area contributed by atoms with Crippen LogP contribution in [0.1, 0.15) is 201 Å². The molecule has 0 spiro atoms. The van der Waals surface area contributed by atoms with Gasteiger partial charge in [-0.2, -0.15) is 0 Å². The van der Waals surface area contributed by atoms with Crippen LogP contribution >= 0.6 is 31.9 Å². The van der Waals surface area contributed by atoms with Crippen molar-refractivity contribution >= 4 is 101 Å². The second-order valence-corrected chi connectivity index (χ2v) is 20.9. The van der Waals surface area contributed by atoms with Crippen molar-refractivity contribution in [2.45, 2.75) is 19.2 Å². The molecule has 14 rings (SSSR count). The van der Waals surface area contributed by atoms with Crippen LogP contribution in [0.15, 0.2) is 186 Å². The number of carbonyl (C=O) groups excluding carboxylic acids is 12. The third kappa shape index (κ3) is 10.1. The number of halogens is 3. The molecule has 4 aromatic heterocycles. The van der Waals surface area contributed by atoms with Gasteiger partial charge >= 0.3 is 0 Å². The Hall–Kier alpha value is -10.6. The van der Waals surface area contributed by atoms with Crippen LogP contribution in [-0.2, 0) is 5.33 Å². The molecule has 0 saturated carbocycles. The minimum Gasteiger partial charge on any atom is -0.449 e. The van der Waals surface area contributed by atoms with Gasteiger partial charge in [0, 0.05) is 84.8 Å². The summed E-state index contributed by atoms with van der Waals surface area (Å²) >= 11 is 6.54. The van der Waals surface area contributed by atoms with Gasteiger partial charge in [-0.1, -0.05) is 141 Å². The van der Waals surface area contributed by atoms with E-state index in [1.54, 1.807) is 127 Å². The average molecular weight is 1270 g/mol. The smallest absolute Gasteiger partial charge is 0.229 e. The largest absolute Gasteiger partial charge is 0.449 e. The Morgan fingerprint density at radius 1 is 0.372 bits per heavy atom. The number of carbonyl (C=O) groups is 12. The van der Waals surface area contributed by atoms with Crippen molar-refractivity contribution in [2.75, 3.05) is 0 Å². The van der Waals surface area contributed by atoms with Gasteiger partial charge in [-0.25, -0.2) is 4.39 Å². The van der Waals surface area contributed by atoms with E-state index in [-0.39, 0.29) is 137 Å². The number of ketones is 12. The second kappa shape index (κ2) is 22.8. The topological polar surface area (TPSA) is 257 Å². The number of benzene rings is 6. The Morgan fingerprint density at radius 2 is 0.744 bits per heavy atom. The molecule has 86 heavy (non-hydrogen) atoms. The highest BCUT2D eigenvalue weighted by molar-refractivity contribution is 9.10. The van der Waals surface area contributed by atoms with E-state index in [0.717, 1.165) is 12.1 Å². The van der Waals surface area contributed by atoms with E-state index in [9.17, 15) is 61.9 Å². The van der Waals surface area contributed by atoms with Crippen LogP contribution < -0.4 is 0 Å². The van der Waals surface area contributed by atoms with Crippen molar-refractivity contribution in [2.24, 2.45) is 0 Å². The molecular weight excluding hydrogens is 1240 g/mol. The zero-order valence-corrected chi connectivity index (χ0v) is 47.6. The molecule has 0 saturated heterocycles. The summed E-state index contributed by atoms with van der Waals surface area (Å²) in [6, 6.07) is 42.3. The minimum absolute atomic E-state index is 0.0141. The SMILES string of the molecule is CC(=O)c1cc2c(o1)C(=O)c1ccccc1C2=O.CC(=O)c1oc2c(c1CBr)C(=O)c1ccccc1C2=O.O=C(c1ccccc1)c1cc2c(o1)C(=O)c1cc(Br)ccc1C2=O.O=C(c1ccccc1)c1cc2c(o1)C(=O)c1cc(F)ccc1C2=O. The first-order valence-electron chi connectivity index (χ1n) is 25.8. The van der Waals surface area contributed by atoms with E-state index < -0.39 is 29.0 Å². The van der Waals surface area contributed by atoms with Crippen LogP contribution in [0, 0.1) is 5.82 Å². The predicted octanol–water partition coefficient (Wildman–Crippen LogP) is 12.9. The highest BCUT2D eigenvalue weighted by atomic mass is 79.9. The molecule has 4 aliphatic rings. The molecule has 0 amide bonds. The monoisotopic (exact) mass is 1270 g/mol. The van der Waals surface area contributed by atoms with Gasteiger partial charge in [0.05, 0.1) is 22.3 Å². The van der Waals surface area contributed by atoms with Gasteiger partial charge in [-0.3, -0.25) is 57.5 Å². The van der Waals surface area contributed by atoms with E-state index >= 15 is 0 Å². The molecule has 0 fully saturated rings. The third-order valence-corrected chi connectivity index (χ3v) is 15.1. The number of hydrogen-bond acceptors (Lipinski definition) is 16. The van der Waals surface area contributed by atoms with Crippen molar-refractivity contribution in [3.63, 3.8) is 0 Å². The number of hydrogen-bond donors (Lipinski definition) is 0. The standard InChI is InChI=1S/C19H9BrO4.C19H9FO4.C15H9BrO4.C14H8O4/c2*20-11-6-7-12-13(8-11)18(23)19-14(17(12)22)9-15(24-19)16(21)10-4-2-1-3-5-10;1-7(17)14-10(6-16)11-12(18)8-4-2-3-5-9(8)13(19)15(11)20-14;1-7(15)11-6-10-12(16)8-4-2-3-5-9(8)13(17)14(10)18-11/h2*1-9H;2-5H,6H2,1H3;2-6H,1H3. The number of fused-ring (bicyclic) bond motifs is 8. The number of rotatable bonds is 7. The Morgan fingerprint density at radius 3 is 1.20 bits per heavy atom. The average Bonchev–Trinajstić information content (AvgIpc) is 3.30. The Labute approximate surface area is 500 Å². The van der Waals surface area contributed by atoms with Crippen molar-refractivity contribution in [1.29, 1.82) is 0 Å². The van der Waals surface area contributed by atoms with Gasteiger partial charge in [0.1, 0.15) is 5.82 Å². The molecule has 0 atom stereocenters. The van der Waals surface area contributed by atoms with Crippen LogP contribution in [-0.4, -0.2) is 69.4 Å². The van der Waals surface area contributed by atoms with E-state index in [1.165, 1.54) is 38.1 Å². The molecule has 0 N–H and O–H groups in total. The molecular formula is C67H35Br2FO16. The normalized spacial score (nSPS) is 12.9. The van der Waals surface area contributed by atoms with E-state index in [1.807, 2.05) is 0 Å². The Balaban J connectivity index is 0.000000120. The molecule has 420 valence electrons. The predicted molar refractivity (Wildman–Crippen MR) is 308 cm³/mol. The molecule has 10 aromatic rings. The highest BCUT2D eigenvalue weighted by Gasteiger charge is 2.40. The maximum Gasteiger partial charge on any atom is 0.229 e. The molecule has 0 aliphatic heterocycles. The molecule has 19 heteroatoms. The van der Waals surface area contributed by atoms with E-state index in [0.29, 0.717) is 49.0 Å². The summed E-state index contributed by atoms with van der Waals surface area (Å²) in [4.78, 5) is 147. The van der Waals surface area contributed by atoms with Crippen LogP contribution in [0.5, 0.6) is 0 Å². The summed E-state index contributed by atoms with van der Waals surface area (Å²) in [6.45, 7) is 2.67. The number of Topliss-reactive ketones (excluding diaryl/α,β-unsaturated/α-hetero) is 2. The van der Waals surface area contributed by atoms with Crippen LogP contribution in [0.2, 0.25) is 0 Å². The quantitative estimate of drug-likeness (QED) is 0.106. The van der Waals surface area contributed by atoms with Crippen molar-refractivity contribution in [1.82, 2.24) is 0 Å². The summed E-state index contributed by atoms with van der Waals surface area (Å²) < 4.78 is 35.5. The third-order valence-electron chi connectivity index (χ3n) is 14.1. The van der Waals surface area contributed by atoms with E-state index in [2.05, 4.69) is 31.9 Å². The fourth-order valence-corrected chi connectivity index (χ4v) is 10.8. The molecule has 0 bridgehead atoms. The van der Waals surface area contributed by atoms with Crippen LogP contribution in [0.25, 0.3) is 0 Å². The Kier molecular flexibility index (Phi) is 15.2. The van der Waals surface area contributed by atoms with Crippen molar-refractivity contribution in [3.05, 3.63) is 304 Å². The van der Waals surface area contributed by atoms with Gasteiger partial charge in [0.2, 0.25) is 34.7 Å². The number of furan rings is 4. The summed E-state index contributed by atoms with van der Waals surface area (Å²) in [5.41, 5.74) is 3.77. The fourth-order valence-electron chi connectivity index (χ4n) is 9.95. The van der Waals surface area contributed by atoms with Gasteiger partial charge in [0.25, 0.3) is 0 Å². The lowest BCUT2D eigenvalue weighted by Crippen LogP contribution is -2.20. The van der Waals surface area contributed by atoms with Crippen LogP contribution in [0.3, 0.4) is 0 Å². The lowest BCUT2D eigenvalue weighted by Gasteiger charge is -2.13. The van der Waals surface area contributed by atoms with Gasteiger partial charge in [0.15, 0.2) is 80.8 Å². The van der Waals surface area contributed by atoms with Gasteiger partial charge in [-0.05, 0) is 54.6 Å². The molecule has 4 aliphatic carbocycles. The summed E-state index contributed by atoms with van der Waals surface area (Å²) in [7, 11) is 0.